The van der Waals surface area contributed by atoms with Crippen molar-refractivity contribution in [3.63, 3.8) is 0 Å². The molecule has 0 aliphatic rings. The molecule has 0 rings (SSSR count). The van der Waals surface area contributed by atoms with Gasteiger partial charge < -0.3 is 9.47 Å². The van der Waals surface area contributed by atoms with Gasteiger partial charge in [-0.2, -0.15) is 0 Å². The highest BCUT2D eigenvalue weighted by atomic mass is 16.5. The van der Waals surface area contributed by atoms with E-state index in [1.54, 1.807) is 13.8 Å². The van der Waals surface area contributed by atoms with E-state index >= 15 is 0 Å². The SMILES string of the molecule is CCOC(=O)C(=O)CCC(=O)OC[3CH3]. The van der Waals surface area contributed by atoms with Gasteiger partial charge in [0.05, 0.1) is 19.6 Å². The van der Waals surface area contributed by atoms with Gasteiger partial charge in [-0.1, -0.05) is 0 Å². The van der Waals surface area contributed by atoms with Crippen LogP contribution in [0.3, 0.4) is 0 Å². The molecule has 0 amide bonds. The van der Waals surface area contributed by atoms with E-state index in [9.17, 15) is 14.4 Å². The Morgan fingerprint density at radius 3 is 2.29 bits per heavy atom. The van der Waals surface area contributed by atoms with Crippen molar-refractivity contribution < 1.29 is 23.9 Å². The number of ether oxygens (including phenoxy) is 2. The summed E-state index contributed by atoms with van der Waals surface area (Å²) in [6.07, 6.45) is -0.233. The number of carbonyl (C=O) groups is 3. The molecule has 0 spiro atoms. The maximum absolute atomic E-state index is 11.0. The summed E-state index contributed by atoms with van der Waals surface area (Å²) >= 11 is 0. The predicted molar refractivity (Wildman–Crippen MR) is 47.5 cm³/mol. The number of hydrogen-bond donors (Lipinski definition) is 0. The van der Waals surface area contributed by atoms with Crippen LogP contribution in [-0.2, 0) is 23.9 Å². The molecule has 80 valence electrons. The van der Waals surface area contributed by atoms with Gasteiger partial charge in [0.1, 0.15) is 0 Å². The lowest BCUT2D eigenvalue weighted by atomic mass is 2.89. The molecule has 0 fully saturated rings. The first-order chi connectivity index (χ1) is 6.61. The van der Waals surface area contributed by atoms with Crippen LogP contribution in [0.2, 0.25) is 0 Å². The second kappa shape index (κ2) is 7.06. The van der Waals surface area contributed by atoms with Crippen LogP contribution in [0, 0.1) is 0 Å². The van der Waals surface area contributed by atoms with Crippen LogP contribution in [0.15, 0.2) is 0 Å². The van der Waals surface area contributed by atoms with Crippen LogP contribution >= 0.6 is 0 Å². The highest BCUT2D eigenvalue weighted by molar-refractivity contribution is 6.33. The summed E-state index contributed by atoms with van der Waals surface area (Å²) in [5, 5.41) is 0. The summed E-state index contributed by atoms with van der Waals surface area (Å²) < 4.78 is 9.04. The molecule has 0 aromatic heterocycles. The molecule has 0 saturated heterocycles. The quantitative estimate of drug-likeness (QED) is 0.452. The van der Waals surface area contributed by atoms with Crippen LogP contribution in [0.5, 0.6) is 0 Å². The third kappa shape index (κ3) is 5.29. The van der Waals surface area contributed by atoms with Gasteiger partial charge in [0, 0.05) is 6.42 Å². The van der Waals surface area contributed by atoms with Crippen molar-refractivity contribution in [2.75, 3.05) is 13.2 Å². The van der Waals surface area contributed by atoms with Crippen molar-refractivity contribution in [3.8, 4) is 0 Å². The molecule has 0 radical (unpaired) electrons. The van der Waals surface area contributed by atoms with Crippen LogP contribution in [-0.4, -0.2) is 30.9 Å². The number of carbonyl (C=O) groups excluding carboxylic acids is 3. The fourth-order valence-electron chi connectivity index (χ4n) is 0.762. The Labute approximate surface area is 82.4 Å². The Morgan fingerprint density at radius 1 is 1.14 bits per heavy atom. The van der Waals surface area contributed by atoms with Crippen molar-refractivity contribution >= 4 is 17.7 Å². The Morgan fingerprint density at radius 2 is 1.79 bits per heavy atom. The van der Waals surface area contributed by atoms with E-state index in [2.05, 4.69) is 9.47 Å². The highest BCUT2D eigenvalue weighted by Gasteiger charge is 2.16. The first-order valence-electron chi connectivity index (χ1n) is 4.47. The van der Waals surface area contributed by atoms with E-state index in [-0.39, 0.29) is 26.1 Å². The fourth-order valence-corrected chi connectivity index (χ4v) is 0.762. The van der Waals surface area contributed by atoms with Gasteiger partial charge in [0.15, 0.2) is 0 Å². The van der Waals surface area contributed by atoms with Crippen LogP contribution in [0.1, 0.15) is 26.7 Å². The van der Waals surface area contributed by atoms with E-state index < -0.39 is 17.7 Å². The first kappa shape index (κ1) is 12.6. The van der Waals surface area contributed by atoms with Crippen molar-refractivity contribution in [2.24, 2.45) is 0 Å². The fraction of sp³-hybridized carbons (Fsp3) is 0.667. The summed E-state index contributed by atoms with van der Waals surface area (Å²) in [6, 6.07) is 0. The molecule has 5 heteroatoms. The number of esters is 2. The standard InChI is InChI=1S/C9H14O5/c1-3-13-8(11)6-5-7(10)9(12)14-4-2/h3-6H2,1-2H3/i1-9. The maximum atomic E-state index is 11.0. The molecule has 0 aliphatic heterocycles. The molecule has 0 heterocycles. The number of rotatable bonds is 6. The van der Waals surface area contributed by atoms with Crippen LogP contribution < -0.4 is 0 Å². The van der Waals surface area contributed by atoms with E-state index in [0.29, 0.717) is 0 Å². The lowest BCUT2D eigenvalue weighted by Gasteiger charge is -2.01. The summed E-state index contributed by atoms with van der Waals surface area (Å²) in [4.78, 5) is 32.6. The van der Waals surface area contributed by atoms with Crippen molar-refractivity contribution in [1.29, 1.82) is 0 Å². The van der Waals surface area contributed by atoms with Crippen molar-refractivity contribution in [3.05, 3.63) is 0 Å². The summed E-state index contributed by atoms with van der Waals surface area (Å²) in [5.41, 5.74) is 0. The molecule has 5 nitrogen and oxygen atoms in total. The van der Waals surface area contributed by atoms with Gasteiger partial charge >= 0.3 is 11.9 Å². The second-order valence-corrected chi connectivity index (χ2v) is 2.45. The van der Waals surface area contributed by atoms with Crippen LogP contribution in [0.25, 0.3) is 0 Å². The van der Waals surface area contributed by atoms with E-state index in [1.165, 1.54) is 0 Å². The normalized spacial score (nSPS) is 9.29. The van der Waals surface area contributed by atoms with E-state index in [4.69, 9.17) is 0 Å². The van der Waals surface area contributed by atoms with Gasteiger partial charge in [0.25, 0.3) is 0 Å². The number of Topliss-reactive ketones (excluding diaryl/α,β-unsaturated/α-hetero) is 1. The van der Waals surface area contributed by atoms with Crippen LogP contribution in [0.4, 0.5) is 0 Å². The lowest BCUT2D eigenvalue weighted by molar-refractivity contribution is -0.154. The van der Waals surface area contributed by atoms with Crippen molar-refractivity contribution in [1.82, 2.24) is 0 Å². The third-order valence-corrected chi connectivity index (χ3v) is 1.36. The Hall–Kier alpha value is -1.39. The Bertz CT molecular complexity index is 221. The topological polar surface area (TPSA) is 69.7 Å². The zero-order chi connectivity index (χ0) is 11.0. The number of hydrogen-bond acceptors (Lipinski definition) is 5. The monoisotopic (exact) mass is 193 g/mol. The van der Waals surface area contributed by atoms with Gasteiger partial charge in [-0.05, 0) is 13.8 Å². The summed E-state index contributed by atoms with van der Waals surface area (Å²) in [7, 11) is 0. The Balaban J connectivity index is 3.73. The highest BCUT2D eigenvalue weighted by Crippen LogP contribution is 1.96. The molecule has 0 aromatic rings. The average Bonchev–Trinajstić information content (AvgIpc) is 2.15. The Kier molecular flexibility index (Phi) is 6.36. The largest absolute Gasteiger partial charge is 0.466 e. The molecule has 14 heavy (non-hydrogen) atoms. The molecule has 0 atom stereocenters. The molecular weight excluding hydrogens is 179 g/mol. The minimum absolute atomic E-state index is 0.0779. The predicted octanol–water partition coefficient (Wildman–Crippen LogP) is 0.462. The zero-order valence-electron chi connectivity index (χ0n) is 8.37. The molecule has 0 saturated carbocycles. The lowest BCUT2D eigenvalue weighted by Crippen LogP contribution is -2.18. The molecule has 0 aromatic carbocycles. The maximum Gasteiger partial charge on any atom is 0.374 e. The number of ketones is 1. The third-order valence-electron chi connectivity index (χ3n) is 1.36. The van der Waals surface area contributed by atoms with Gasteiger partial charge in [-0.15, -0.1) is 0 Å². The van der Waals surface area contributed by atoms with E-state index in [0.717, 1.165) is 0 Å². The molecule has 0 N–H and O–H groups in total. The summed E-state index contributed by atoms with van der Waals surface area (Å²) in [6.45, 7) is 3.71. The molecule has 0 aliphatic carbocycles. The summed E-state index contributed by atoms with van der Waals surface area (Å²) in [5.74, 6) is -2.07. The second-order valence-electron chi connectivity index (χ2n) is 2.45. The molecule has 0 bridgehead atoms. The minimum Gasteiger partial charge on any atom is -0.466 e. The smallest absolute Gasteiger partial charge is 0.374 e. The van der Waals surface area contributed by atoms with Gasteiger partial charge in [0.2, 0.25) is 5.78 Å². The van der Waals surface area contributed by atoms with Gasteiger partial charge in [-0.25, -0.2) is 4.79 Å². The van der Waals surface area contributed by atoms with E-state index in [1.807, 2.05) is 0 Å². The zero-order valence-corrected chi connectivity index (χ0v) is 8.37. The average molecular weight is 193 g/mol. The molecule has 0 unspecified atom stereocenters. The first-order valence-corrected chi connectivity index (χ1v) is 4.47. The van der Waals surface area contributed by atoms with Crippen molar-refractivity contribution in [2.45, 2.75) is 26.7 Å². The molecular formula is C9H14O5. The van der Waals surface area contributed by atoms with Gasteiger partial charge in [-0.3, -0.25) is 9.59 Å². The minimum atomic E-state index is -0.892.